The maximum absolute atomic E-state index is 12.1. The number of carbonyl (C=O) groups excluding carboxylic acids is 1. The highest BCUT2D eigenvalue weighted by molar-refractivity contribution is 7.92. The van der Waals surface area contributed by atoms with E-state index in [0.717, 1.165) is 32.1 Å². The Balaban J connectivity index is 1.88. The third-order valence-corrected chi connectivity index (χ3v) is 6.89. The molecule has 1 amide bonds. The lowest BCUT2D eigenvalue weighted by Crippen LogP contribution is -2.45. The number of hydrogen-bond acceptors (Lipinski definition) is 4. The van der Waals surface area contributed by atoms with Gasteiger partial charge in [-0.05, 0) is 37.5 Å². The van der Waals surface area contributed by atoms with Crippen molar-refractivity contribution in [2.75, 3.05) is 18.9 Å². The van der Waals surface area contributed by atoms with Gasteiger partial charge in [0.2, 0.25) is 5.91 Å². The molecule has 5 nitrogen and oxygen atoms in total. The molecule has 1 saturated carbocycles. The van der Waals surface area contributed by atoms with E-state index in [-0.39, 0.29) is 30.1 Å². The van der Waals surface area contributed by atoms with Crippen molar-refractivity contribution in [1.82, 2.24) is 5.32 Å². The van der Waals surface area contributed by atoms with Gasteiger partial charge in [-0.15, -0.1) is 0 Å². The summed E-state index contributed by atoms with van der Waals surface area (Å²) in [5, 5.41) is 11.3. The van der Waals surface area contributed by atoms with Gasteiger partial charge in [-0.2, -0.15) is 0 Å². The van der Waals surface area contributed by atoms with Crippen molar-refractivity contribution in [3.8, 4) is 0 Å². The van der Waals surface area contributed by atoms with E-state index in [1.807, 2.05) is 0 Å². The summed E-state index contributed by atoms with van der Waals surface area (Å²) in [5.74, 6) is 0.316. The van der Waals surface area contributed by atoms with Crippen molar-refractivity contribution >= 4 is 15.7 Å². The van der Waals surface area contributed by atoms with E-state index in [2.05, 4.69) is 5.32 Å². The summed E-state index contributed by atoms with van der Waals surface area (Å²) >= 11 is 0. The smallest absolute Gasteiger partial charge is 0.238 e. The first-order valence-corrected chi connectivity index (χ1v) is 9.36. The van der Waals surface area contributed by atoms with Crippen LogP contribution in [0.2, 0.25) is 0 Å². The highest BCUT2D eigenvalue weighted by Gasteiger charge is 2.35. The third-order valence-electron chi connectivity index (χ3n) is 4.71. The number of aliphatic hydroxyl groups is 1. The molecule has 0 aromatic rings. The zero-order chi connectivity index (χ0) is 14.6. The van der Waals surface area contributed by atoms with Gasteiger partial charge in [-0.25, -0.2) is 8.42 Å². The summed E-state index contributed by atoms with van der Waals surface area (Å²) < 4.78 is 23.8. The highest BCUT2D eigenvalue weighted by Crippen LogP contribution is 2.29. The number of hydrogen-bond donors (Lipinski definition) is 2. The molecule has 116 valence electrons. The van der Waals surface area contributed by atoms with Crippen molar-refractivity contribution in [3.63, 3.8) is 0 Å². The van der Waals surface area contributed by atoms with Crippen molar-refractivity contribution in [2.24, 2.45) is 11.8 Å². The molecule has 1 aliphatic heterocycles. The summed E-state index contributed by atoms with van der Waals surface area (Å²) in [7, 11) is -3.26. The molecule has 0 radical (unpaired) electrons. The first-order valence-electron chi connectivity index (χ1n) is 7.64. The lowest BCUT2D eigenvalue weighted by molar-refractivity contribution is -0.121. The van der Waals surface area contributed by atoms with Gasteiger partial charge in [-0.3, -0.25) is 4.79 Å². The van der Waals surface area contributed by atoms with Crippen molar-refractivity contribution < 1.29 is 18.3 Å². The summed E-state index contributed by atoms with van der Waals surface area (Å²) in [6, 6.07) is 0. The van der Waals surface area contributed by atoms with Crippen LogP contribution in [0, 0.1) is 11.8 Å². The Labute approximate surface area is 121 Å². The monoisotopic (exact) mass is 303 g/mol. The standard InChI is InChI=1S/C14H25NO4S/c16-10-12-6-2-1-5-11(12)9-15-14(17)13-7-3-4-8-20(13,18)19/h11-13,16H,1-10H2,(H,15,17). The Kier molecular flexibility index (Phi) is 5.43. The first kappa shape index (κ1) is 15.8. The van der Waals surface area contributed by atoms with Crippen LogP contribution in [0.5, 0.6) is 0 Å². The number of aliphatic hydroxyl groups excluding tert-OH is 1. The van der Waals surface area contributed by atoms with E-state index in [4.69, 9.17) is 0 Å². The minimum absolute atomic E-state index is 0.133. The molecule has 0 spiro atoms. The van der Waals surface area contributed by atoms with E-state index in [1.54, 1.807) is 0 Å². The molecular weight excluding hydrogens is 278 g/mol. The summed E-state index contributed by atoms with van der Waals surface area (Å²) in [6.45, 7) is 0.651. The molecule has 1 aliphatic carbocycles. The van der Waals surface area contributed by atoms with Crippen LogP contribution in [0.1, 0.15) is 44.9 Å². The van der Waals surface area contributed by atoms with E-state index in [0.29, 0.717) is 19.4 Å². The minimum atomic E-state index is -3.26. The van der Waals surface area contributed by atoms with E-state index in [1.165, 1.54) is 0 Å². The second-order valence-electron chi connectivity index (χ2n) is 6.08. The van der Waals surface area contributed by atoms with Gasteiger partial charge >= 0.3 is 0 Å². The maximum atomic E-state index is 12.1. The van der Waals surface area contributed by atoms with Crippen LogP contribution in [0.15, 0.2) is 0 Å². The van der Waals surface area contributed by atoms with E-state index >= 15 is 0 Å². The van der Waals surface area contributed by atoms with Crippen LogP contribution in [0.25, 0.3) is 0 Å². The molecule has 3 atom stereocenters. The number of sulfone groups is 1. The average molecular weight is 303 g/mol. The predicted octanol–water partition coefficient (Wildman–Crippen LogP) is 0.869. The molecule has 0 aromatic heterocycles. The molecule has 2 N–H and O–H groups in total. The Morgan fingerprint density at radius 3 is 2.35 bits per heavy atom. The Morgan fingerprint density at radius 1 is 1.05 bits per heavy atom. The Morgan fingerprint density at radius 2 is 1.70 bits per heavy atom. The van der Waals surface area contributed by atoms with Crippen LogP contribution in [-0.4, -0.2) is 43.6 Å². The van der Waals surface area contributed by atoms with Crippen molar-refractivity contribution in [3.05, 3.63) is 0 Å². The van der Waals surface area contributed by atoms with Crippen LogP contribution in [0.4, 0.5) is 0 Å². The summed E-state index contributed by atoms with van der Waals surface area (Å²) in [4.78, 5) is 12.1. The van der Waals surface area contributed by atoms with Crippen molar-refractivity contribution in [1.29, 1.82) is 0 Å². The predicted molar refractivity (Wildman–Crippen MR) is 77.0 cm³/mol. The molecule has 20 heavy (non-hydrogen) atoms. The van der Waals surface area contributed by atoms with Gasteiger partial charge in [0, 0.05) is 13.2 Å². The lowest BCUT2D eigenvalue weighted by Gasteiger charge is -2.31. The molecule has 2 aliphatic rings. The second-order valence-corrected chi connectivity index (χ2v) is 8.39. The van der Waals surface area contributed by atoms with Gasteiger partial charge < -0.3 is 10.4 Å². The van der Waals surface area contributed by atoms with Crippen LogP contribution >= 0.6 is 0 Å². The molecule has 2 fully saturated rings. The maximum Gasteiger partial charge on any atom is 0.238 e. The first-order chi connectivity index (χ1) is 9.54. The average Bonchev–Trinajstić information content (AvgIpc) is 2.44. The van der Waals surface area contributed by atoms with Gasteiger partial charge in [0.1, 0.15) is 5.25 Å². The Hall–Kier alpha value is -0.620. The fourth-order valence-corrected chi connectivity index (χ4v) is 5.21. The lowest BCUT2D eigenvalue weighted by atomic mass is 9.79. The van der Waals surface area contributed by atoms with Crippen LogP contribution < -0.4 is 5.32 Å². The molecule has 2 rings (SSSR count). The van der Waals surface area contributed by atoms with Gasteiger partial charge in [-0.1, -0.05) is 19.3 Å². The van der Waals surface area contributed by atoms with Gasteiger partial charge in [0.05, 0.1) is 5.75 Å². The van der Waals surface area contributed by atoms with Crippen LogP contribution in [0.3, 0.4) is 0 Å². The number of nitrogens with one attached hydrogen (secondary N) is 1. The van der Waals surface area contributed by atoms with E-state index < -0.39 is 15.1 Å². The van der Waals surface area contributed by atoms with E-state index in [9.17, 15) is 18.3 Å². The summed E-state index contributed by atoms with van der Waals surface area (Å²) in [5.41, 5.74) is 0. The molecule has 6 heteroatoms. The SMILES string of the molecule is O=C(NCC1CCCCC1CO)C1CCCCS1(=O)=O. The van der Waals surface area contributed by atoms with Crippen molar-refractivity contribution in [2.45, 2.75) is 50.2 Å². The van der Waals surface area contributed by atoms with Crippen LogP contribution in [-0.2, 0) is 14.6 Å². The van der Waals surface area contributed by atoms with Gasteiger partial charge in [0.15, 0.2) is 9.84 Å². The third kappa shape index (κ3) is 3.73. The Bertz CT molecular complexity index is 434. The molecule has 0 bridgehead atoms. The number of carbonyl (C=O) groups is 1. The largest absolute Gasteiger partial charge is 0.396 e. The quantitative estimate of drug-likeness (QED) is 0.807. The minimum Gasteiger partial charge on any atom is -0.396 e. The molecule has 0 aromatic carbocycles. The fraction of sp³-hybridized carbons (Fsp3) is 0.929. The molecular formula is C14H25NO4S. The van der Waals surface area contributed by atoms with Gasteiger partial charge in [0.25, 0.3) is 0 Å². The normalized spacial score (nSPS) is 33.5. The fourth-order valence-electron chi connectivity index (χ4n) is 3.39. The zero-order valence-electron chi connectivity index (χ0n) is 11.9. The number of rotatable bonds is 4. The highest BCUT2D eigenvalue weighted by atomic mass is 32.2. The molecule has 3 unspecified atom stereocenters. The molecule has 1 saturated heterocycles. The zero-order valence-corrected chi connectivity index (χ0v) is 12.7. The topological polar surface area (TPSA) is 83.5 Å². The summed E-state index contributed by atoms with van der Waals surface area (Å²) in [6.07, 6.45) is 6.18. The molecule has 1 heterocycles. The number of amides is 1. The second kappa shape index (κ2) is 6.89.